The van der Waals surface area contributed by atoms with Crippen LogP contribution < -0.4 is 14.4 Å². The molecule has 0 saturated heterocycles. The highest BCUT2D eigenvalue weighted by Crippen LogP contribution is 2.25. The number of ether oxygens (including phenoxy) is 1. The minimum atomic E-state index is -3.60. The van der Waals surface area contributed by atoms with Gasteiger partial charge in [0.2, 0.25) is 15.9 Å². The second-order valence-corrected chi connectivity index (χ2v) is 9.54. The number of anilines is 2. The summed E-state index contributed by atoms with van der Waals surface area (Å²) in [4.78, 5) is 12.5. The van der Waals surface area contributed by atoms with Crippen LogP contribution in [0.25, 0.3) is 0 Å². The third-order valence-corrected chi connectivity index (χ3v) is 6.35. The molecule has 2 aromatic carbocycles. The van der Waals surface area contributed by atoms with Gasteiger partial charge in [0.1, 0.15) is 12.3 Å². The normalized spacial score (nSPS) is 14.6. The predicted octanol–water partition coefficient (Wildman–Crippen LogP) is 4.03. The zero-order chi connectivity index (χ0) is 21.0. The predicted molar refractivity (Wildman–Crippen MR) is 116 cm³/mol. The van der Waals surface area contributed by atoms with E-state index in [1.807, 2.05) is 32.0 Å². The number of amides is 1. The van der Waals surface area contributed by atoms with Crippen LogP contribution in [0, 0.1) is 13.8 Å². The van der Waals surface area contributed by atoms with E-state index in [1.165, 1.54) is 12.8 Å². The number of carbonyl (C=O) groups excluding carboxylic acids is 1. The summed E-state index contributed by atoms with van der Waals surface area (Å²) < 4.78 is 31.5. The molecular formula is C22H28N2O4S. The number of hydrogen-bond donors (Lipinski definition) is 1. The molecule has 1 N–H and O–H groups in total. The summed E-state index contributed by atoms with van der Waals surface area (Å²) in [6.45, 7) is 3.58. The Labute approximate surface area is 172 Å². The van der Waals surface area contributed by atoms with Gasteiger partial charge >= 0.3 is 0 Å². The van der Waals surface area contributed by atoms with Crippen molar-refractivity contribution in [3.05, 3.63) is 53.6 Å². The monoisotopic (exact) mass is 416 g/mol. The average Bonchev–Trinajstić information content (AvgIpc) is 3.16. The number of carbonyl (C=O) groups is 1. The first-order chi connectivity index (χ1) is 13.7. The SMILES string of the molecule is Cc1ccc(N(CC(=O)Nc2ccc(OC3CCCC3)cc2)S(C)(=O)=O)cc1C. The summed E-state index contributed by atoms with van der Waals surface area (Å²) in [5.74, 6) is 0.376. The first kappa shape index (κ1) is 21.2. The molecule has 0 radical (unpaired) electrons. The molecular weight excluding hydrogens is 388 g/mol. The standard InChI is InChI=1S/C22H28N2O4S/c1-16-8-11-19(14-17(16)2)24(29(3,26)27)15-22(25)23-18-9-12-21(13-10-18)28-20-6-4-5-7-20/h8-14,20H,4-7,15H2,1-3H3,(H,23,25). The Balaban J connectivity index is 1.66. The van der Waals surface area contributed by atoms with E-state index in [1.54, 1.807) is 24.3 Å². The summed E-state index contributed by atoms with van der Waals surface area (Å²) >= 11 is 0. The van der Waals surface area contributed by atoms with E-state index in [2.05, 4.69) is 5.32 Å². The molecule has 2 aromatic rings. The lowest BCUT2D eigenvalue weighted by Crippen LogP contribution is -2.37. The molecule has 6 nitrogen and oxygen atoms in total. The molecule has 0 spiro atoms. The van der Waals surface area contributed by atoms with E-state index in [0.29, 0.717) is 11.4 Å². The van der Waals surface area contributed by atoms with Crippen LogP contribution in [0.1, 0.15) is 36.8 Å². The van der Waals surface area contributed by atoms with Crippen molar-refractivity contribution in [2.24, 2.45) is 0 Å². The fourth-order valence-electron chi connectivity index (χ4n) is 3.43. The minimum absolute atomic E-state index is 0.275. The maximum Gasteiger partial charge on any atom is 0.245 e. The van der Waals surface area contributed by atoms with Crippen molar-refractivity contribution in [3.8, 4) is 5.75 Å². The smallest absolute Gasteiger partial charge is 0.245 e. The molecule has 0 heterocycles. The number of aryl methyl sites for hydroxylation is 2. The van der Waals surface area contributed by atoms with Crippen molar-refractivity contribution in [1.82, 2.24) is 0 Å². The van der Waals surface area contributed by atoms with Crippen molar-refractivity contribution in [2.45, 2.75) is 45.6 Å². The van der Waals surface area contributed by atoms with Crippen LogP contribution in [0.4, 0.5) is 11.4 Å². The van der Waals surface area contributed by atoms with E-state index >= 15 is 0 Å². The number of sulfonamides is 1. The zero-order valence-electron chi connectivity index (χ0n) is 17.1. The fraction of sp³-hybridized carbons (Fsp3) is 0.409. The van der Waals surface area contributed by atoms with Gasteiger partial charge in [0, 0.05) is 5.69 Å². The lowest BCUT2D eigenvalue weighted by atomic mass is 10.1. The summed E-state index contributed by atoms with van der Waals surface area (Å²) in [5.41, 5.74) is 3.11. The highest BCUT2D eigenvalue weighted by molar-refractivity contribution is 7.92. The molecule has 156 valence electrons. The van der Waals surface area contributed by atoms with Crippen LogP contribution >= 0.6 is 0 Å². The molecule has 0 bridgehead atoms. The van der Waals surface area contributed by atoms with E-state index in [0.717, 1.165) is 40.3 Å². The second-order valence-electron chi connectivity index (χ2n) is 7.64. The van der Waals surface area contributed by atoms with Crippen molar-refractivity contribution < 1.29 is 17.9 Å². The van der Waals surface area contributed by atoms with Gasteiger partial charge in [-0.05, 0) is 87.1 Å². The Morgan fingerprint density at radius 2 is 1.72 bits per heavy atom. The van der Waals surface area contributed by atoms with Crippen LogP contribution in [0.5, 0.6) is 5.75 Å². The van der Waals surface area contributed by atoms with Crippen LogP contribution in [0.2, 0.25) is 0 Å². The third-order valence-electron chi connectivity index (χ3n) is 5.21. The summed E-state index contributed by atoms with van der Waals surface area (Å²) in [7, 11) is -3.60. The van der Waals surface area contributed by atoms with E-state index in [-0.39, 0.29) is 12.6 Å². The Kier molecular flexibility index (Phi) is 6.47. The summed E-state index contributed by atoms with van der Waals surface area (Å²) in [6.07, 6.45) is 5.95. The molecule has 1 aliphatic rings. The molecule has 1 amide bonds. The van der Waals surface area contributed by atoms with Gasteiger partial charge in [-0.1, -0.05) is 6.07 Å². The van der Waals surface area contributed by atoms with Gasteiger partial charge in [-0.2, -0.15) is 0 Å². The van der Waals surface area contributed by atoms with E-state index < -0.39 is 15.9 Å². The van der Waals surface area contributed by atoms with Crippen LogP contribution in [0.15, 0.2) is 42.5 Å². The van der Waals surface area contributed by atoms with Crippen molar-refractivity contribution in [2.75, 3.05) is 22.4 Å². The zero-order valence-corrected chi connectivity index (χ0v) is 18.0. The topological polar surface area (TPSA) is 75.7 Å². The molecule has 1 saturated carbocycles. The molecule has 3 rings (SSSR count). The number of hydrogen-bond acceptors (Lipinski definition) is 4. The lowest BCUT2D eigenvalue weighted by molar-refractivity contribution is -0.114. The quantitative estimate of drug-likeness (QED) is 0.739. The number of nitrogens with one attached hydrogen (secondary N) is 1. The van der Waals surface area contributed by atoms with Crippen molar-refractivity contribution in [1.29, 1.82) is 0 Å². The third kappa shape index (κ3) is 5.73. The molecule has 0 aromatic heterocycles. The highest BCUT2D eigenvalue weighted by Gasteiger charge is 2.21. The van der Waals surface area contributed by atoms with Gasteiger partial charge in [0.25, 0.3) is 0 Å². The Bertz CT molecular complexity index is 965. The molecule has 1 fully saturated rings. The van der Waals surface area contributed by atoms with Crippen LogP contribution in [-0.2, 0) is 14.8 Å². The molecule has 1 aliphatic carbocycles. The molecule has 0 unspecified atom stereocenters. The van der Waals surface area contributed by atoms with E-state index in [4.69, 9.17) is 4.74 Å². The number of rotatable bonds is 7. The minimum Gasteiger partial charge on any atom is -0.490 e. The Morgan fingerprint density at radius 1 is 1.07 bits per heavy atom. The Hall–Kier alpha value is -2.54. The van der Waals surface area contributed by atoms with Crippen LogP contribution in [0.3, 0.4) is 0 Å². The second kappa shape index (κ2) is 8.86. The number of benzene rings is 2. The van der Waals surface area contributed by atoms with Crippen molar-refractivity contribution >= 4 is 27.3 Å². The maximum absolute atomic E-state index is 12.5. The van der Waals surface area contributed by atoms with Gasteiger partial charge in [0.05, 0.1) is 18.0 Å². The average molecular weight is 417 g/mol. The molecule has 7 heteroatoms. The highest BCUT2D eigenvalue weighted by atomic mass is 32.2. The molecule has 0 atom stereocenters. The van der Waals surface area contributed by atoms with Gasteiger partial charge < -0.3 is 10.1 Å². The fourth-order valence-corrected chi connectivity index (χ4v) is 4.28. The maximum atomic E-state index is 12.5. The molecule has 0 aliphatic heterocycles. The van der Waals surface area contributed by atoms with Gasteiger partial charge in [-0.3, -0.25) is 9.10 Å². The van der Waals surface area contributed by atoms with Gasteiger partial charge in [0.15, 0.2) is 0 Å². The summed E-state index contributed by atoms with van der Waals surface area (Å²) in [5, 5.41) is 2.76. The number of nitrogens with zero attached hydrogens (tertiary/aromatic N) is 1. The first-order valence-electron chi connectivity index (χ1n) is 9.84. The van der Waals surface area contributed by atoms with Crippen molar-refractivity contribution in [3.63, 3.8) is 0 Å². The van der Waals surface area contributed by atoms with Gasteiger partial charge in [-0.15, -0.1) is 0 Å². The molecule has 29 heavy (non-hydrogen) atoms. The largest absolute Gasteiger partial charge is 0.490 e. The lowest BCUT2D eigenvalue weighted by Gasteiger charge is -2.22. The summed E-state index contributed by atoms with van der Waals surface area (Å²) in [6, 6.07) is 12.5. The Morgan fingerprint density at radius 3 is 2.31 bits per heavy atom. The first-order valence-corrected chi connectivity index (χ1v) is 11.7. The van der Waals surface area contributed by atoms with Crippen LogP contribution in [-0.4, -0.2) is 33.2 Å². The van der Waals surface area contributed by atoms with E-state index in [9.17, 15) is 13.2 Å². The van der Waals surface area contributed by atoms with Gasteiger partial charge in [-0.25, -0.2) is 8.42 Å².